The molecule has 0 saturated carbocycles. The molecular weight excluding hydrogens is 310 g/mol. The highest BCUT2D eigenvalue weighted by molar-refractivity contribution is 7.91. The number of hydrogen-bond donors (Lipinski definition) is 2. The van der Waals surface area contributed by atoms with Crippen molar-refractivity contribution in [1.29, 1.82) is 0 Å². The highest BCUT2D eigenvalue weighted by Crippen LogP contribution is 2.22. The minimum Gasteiger partial charge on any atom is -0.469 e. The molecule has 2 rings (SSSR count). The molecule has 2 aromatic heterocycles. The first-order valence-corrected chi connectivity index (χ1v) is 8.95. The van der Waals surface area contributed by atoms with Gasteiger partial charge in [0.05, 0.1) is 11.9 Å². The molecule has 5 nitrogen and oxygen atoms in total. The number of aryl methyl sites for hydroxylation is 1. The van der Waals surface area contributed by atoms with Crippen LogP contribution in [0.15, 0.2) is 39.2 Å². The number of rotatable bonds is 7. The molecule has 21 heavy (non-hydrogen) atoms. The number of thiophene rings is 1. The van der Waals surface area contributed by atoms with Crippen molar-refractivity contribution in [3.63, 3.8) is 0 Å². The molecule has 0 spiro atoms. The van der Waals surface area contributed by atoms with E-state index in [1.807, 2.05) is 6.92 Å². The molecule has 2 N–H and O–H groups in total. The van der Waals surface area contributed by atoms with Gasteiger partial charge < -0.3 is 9.52 Å². The lowest BCUT2D eigenvalue weighted by Crippen LogP contribution is -2.41. The van der Waals surface area contributed by atoms with Crippen LogP contribution in [0.5, 0.6) is 0 Å². The normalized spacial score (nSPS) is 15.0. The summed E-state index contributed by atoms with van der Waals surface area (Å²) in [7, 11) is -3.58. The van der Waals surface area contributed by atoms with Gasteiger partial charge in [-0.05, 0) is 37.6 Å². The van der Waals surface area contributed by atoms with Crippen molar-refractivity contribution in [1.82, 2.24) is 4.72 Å². The van der Waals surface area contributed by atoms with Crippen LogP contribution in [0.25, 0.3) is 0 Å². The lowest BCUT2D eigenvalue weighted by Gasteiger charge is -2.22. The van der Waals surface area contributed by atoms with Crippen molar-refractivity contribution in [3.05, 3.63) is 41.2 Å². The Morgan fingerprint density at radius 3 is 2.71 bits per heavy atom. The Hall–Kier alpha value is -1.15. The number of furan rings is 1. The van der Waals surface area contributed by atoms with E-state index in [2.05, 4.69) is 4.72 Å². The molecule has 0 aliphatic rings. The van der Waals surface area contributed by atoms with Gasteiger partial charge in [-0.15, -0.1) is 11.3 Å². The standard InChI is InChI=1S/C14H19NO4S2/c1-3-12-6-7-13(20-12)21(17,18)15-10-14(2,16)9-11-5-4-8-19-11/h4-8,15-16H,3,9-10H2,1-2H3/t14-/m1/s1. The Balaban J connectivity index is 2.00. The van der Waals surface area contributed by atoms with E-state index in [1.165, 1.54) is 17.6 Å². The van der Waals surface area contributed by atoms with E-state index in [4.69, 9.17) is 4.42 Å². The molecule has 1 atom stereocenters. The molecule has 7 heteroatoms. The first-order chi connectivity index (χ1) is 9.82. The summed E-state index contributed by atoms with van der Waals surface area (Å²) < 4.78 is 32.2. The molecule has 0 aliphatic carbocycles. The Kier molecular flexibility index (Phi) is 4.88. The Labute approximate surface area is 128 Å². The van der Waals surface area contributed by atoms with Crippen LogP contribution < -0.4 is 4.72 Å². The molecule has 0 fully saturated rings. The zero-order chi connectivity index (χ0) is 15.5. The van der Waals surface area contributed by atoms with Gasteiger partial charge in [-0.3, -0.25) is 0 Å². The predicted molar refractivity (Wildman–Crippen MR) is 81.9 cm³/mol. The first kappa shape index (κ1) is 16.2. The van der Waals surface area contributed by atoms with Crippen LogP contribution in [0.1, 0.15) is 24.5 Å². The van der Waals surface area contributed by atoms with Crippen LogP contribution in [0.3, 0.4) is 0 Å². The smallest absolute Gasteiger partial charge is 0.250 e. The molecule has 0 unspecified atom stereocenters. The van der Waals surface area contributed by atoms with E-state index in [9.17, 15) is 13.5 Å². The molecule has 2 aromatic rings. The van der Waals surface area contributed by atoms with Gasteiger partial charge in [-0.25, -0.2) is 13.1 Å². The summed E-state index contributed by atoms with van der Waals surface area (Å²) in [5.74, 6) is 0.614. The largest absolute Gasteiger partial charge is 0.469 e. The second kappa shape index (κ2) is 6.31. The number of nitrogens with one attached hydrogen (secondary N) is 1. The fourth-order valence-electron chi connectivity index (χ4n) is 1.87. The van der Waals surface area contributed by atoms with E-state index >= 15 is 0 Å². The molecule has 116 valence electrons. The maximum atomic E-state index is 12.2. The summed E-state index contributed by atoms with van der Waals surface area (Å²) in [5.41, 5.74) is -1.21. The molecular formula is C14H19NO4S2. The summed E-state index contributed by atoms with van der Waals surface area (Å²) in [5, 5.41) is 10.3. The second-order valence-electron chi connectivity index (χ2n) is 5.15. The van der Waals surface area contributed by atoms with Crippen molar-refractivity contribution in [2.75, 3.05) is 6.54 Å². The minimum atomic E-state index is -3.58. The van der Waals surface area contributed by atoms with Crippen LogP contribution in [-0.4, -0.2) is 25.7 Å². The van der Waals surface area contributed by atoms with Gasteiger partial charge in [0, 0.05) is 17.8 Å². The third-order valence-electron chi connectivity index (χ3n) is 3.03. The van der Waals surface area contributed by atoms with Gasteiger partial charge in [0.2, 0.25) is 10.0 Å². The summed E-state index contributed by atoms with van der Waals surface area (Å²) in [6.07, 6.45) is 2.57. The third kappa shape index (κ3) is 4.41. The molecule has 2 heterocycles. The fourth-order valence-corrected chi connectivity index (χ4v) is 4.37. The summed E-state index contributed by atoms with van der Waals surface area (Å²) >= 11 is 1.25. The fraction of sp³-hybridized carbons (Fsp3) is 0.429. The van der Waals surface area contributed by atoms with Crippen molar-refractivity contribution < 1.29 is 17.9 Å². The van der Waals surface area contributed by atoms with Gasteiger partial charge in [0.25, 0.3) is 0 Å². The van der Waals surface area contributed by atoms with Crippen molar-refractivity contribution >= 4 is 21.4 Å². The Bertz CT molecular complexity index is 672. The molecule has 0 bridgehead atoms. The van der Waals surface area contributed by atoms with Gasteiger partial charge in [-0.2, -0.15) is 0 Å². The van der Waals surface area contributed by atoms with Gasteiger partial charge in [0.1, 0.15) is 9.97 Å². The minimum absolute atomic E-state index is 0.0740. The zero-order valence-electron chi connectivity index (χ0n) is 12.0. The van der Waals surface area contributed by atoms with Crippen LogP contribution in [0.4, 0.5) is 0 Å². The second-order valence-corrected chi connectivity index (χ2v) is 8.31. The first-order valence-electron chi connectivity index (χ1n) is 6.65. The number of aliphatic hydroxyl groups is 1. The number of sulfonamides is 1. The van der Waals surface area contributed by atoms with E-state index in [1.54, 1.807) is 31.2 Å². The average molecular weight is 329 g/mol. The highest BCUT2D eigenvalue weighted by atomic mass is 32.2. The SMILES string of the molecule is CCc1ccc(S(=O)(=O)NC[C@](C)(O)Cc2ccco2)s1. The highest BCUT2D eigenvalue weighted by Gasteiger charge is 2.26. The lowest BCUT2D eigenvalue weighted by molar-refractivity contribution is 0.0603. The van der Waals surface area contributed by atoms with Gasteiger partial charge in [0.15, 0.2) is 0 Å². The van der Waals surface area contributed by atoms with Gasteiger partial charge >= 0.3 is 0 Å². The molecule has 0 aromatic carbocycles. The number of hydrogen-bond acceptors (Lipinski definition) is 5. The average Bonchev–Trinajstić information content (AvgIpc) is 3.07. The molecule has 0 aliphatic heterocycles. The Morgan fingerprint density at radius 1 is 1.38 bits per heavy atom. The van der Waals surface area contributed by atoms with E-state index in [0.717, 1.165) is 11.3 Å². The van der Waals surface area contributed by atoms with Crippen LogP contribution in [0.2, 0.25) is 0 Å². The van der Waals surface area contributed by atoms with Crippen LogP contribution in [0, 0.1) is 0 Å². The van der Waals surface area contributed by atoms with Crippen molar-refractivity contribution in [2.45, 2.75) is 36.5 Å². The van der Waals surface area contributed by atoms with E-state index in [0.29, 0.717) is 5.76 Å². The van der Waals surface area contributed by atoms with E-state index < -0.39 is 15.6 Å². The topological polar surface area (TPSA) is 79.5 Å². The monoisotopic (exact) mass is 329 g/mol. The van der Waals surface area contributed by atoms with Crippen molar-refractivity contribution in [3.8, 4) is 0 Å². The van der Waals surface area contributed by atoms with Crippen LogP contribution >= 0.6 is 11.3 Å². The zero-order valence-corrected chi connectivity index (χ0v) is 13.6. The van der Waals surface area contributed by atoms with E-state index in [-0.39, 0.29) is 17.2 Å². The predicted octanol–water partition coefficient (Wildman–Crippen LogP) is 2.18. The Morgan fingerprint density at radius 2 is 2.14 bits per heavy atom. The van der Waals surface area contributed by atoms with Gasteiger partial charge in [-0.1, -0.05) is 6.92 Å². The summed E-state index contributed by atoms with van der Waals surface area (Å²) in [6.45, 7) is 3.48. The molecule has 0 amide bonds. The van der Waals surface area contributed by atoms with Crippen molar-refractivity contribution in [2.24, 2.45) is 0 Å². The lowest BCUT2D eigenvalue weighted by atomic mass is 10.0. The summed E-state index contributed by atoms with van der Waals surface area (Å²) in [4.78, 5) is 1.01. The third-order valence-corrected chi connectivity index (χ3v) is 6.15. The molecule has 0 radical (unpaired) electrons. The van der Waals surface area contributed by atoms with Crippen LogP contribution in [-0.2, 0) is 22.9 Å². The molecule has 0 saturated heterocycles. The maximum absolute atomic E-state index is 12.2. The maximum Gasteiger partial charge on any atom is 0.250 e. The summed E-state index contributed by atoms with van der Waals surface area (Å²) in [6, 6.07) is 6.87. The quantitative estimate of drug-likeness (QED) is 0.816.